The normalized spacial score (nSPS) is 11.8. The Labute approximate surface area is 120 Å². The number of hydrogen-bond donors (Lipinski definition) is 0. The molecule has 1 rings (SSSR count). The fourth-order valence-electron chi connectivity index (χ4n) is 1.90. The summed E-state index contributed by atoms with van der Waals surface area (Å²) < 4.78 is 9.84. The van der Waals surface area contributed by atoms with Crippen molar-refractivity contribution in [3.05, 3.63) is 35.4 Å². The van der Waals surface area contributed by atoms with Gasteiger partial charge in [-0.3, -0.25) is 4.79 Å². The summed E-state index contributed by atoms with van der Waals surface area (Å²) >= 11 is 0. The number of ether oxygens (including phenoxy) is 2. The van der Waals surface area contributed by atoms with Crippen LogP contribution < -0.4 is 0 Å². The highest BCUT2D eigenvalue weighted by atomic mass is 16.5. The average molecular weight is 278 g/mol. The molecule has 0 aliphatic heterocycles. The fraction of sp³-hybridized carbons (Fsp3) is 0.500. The molecule has 4 heteroatoms. The average Bonchev–Trinajstić information content (AvgIpc) is 2.45. The van der Waals surface area contributed by atoms with Gasteiger partial charge in [0.2, 0.25) is 0 Å². The first-order valence-electron chi connectivity index (χ1n) is 7.01. The van der Waals surface area contributed by atoms with E-state index in [1.807, 2.05) is 12.1 Å². The van der Waals surface area contributed by atoms with E-state index in [0.717, 1.165) is 12.0 Å². The number of carbonyl (C=O) groups excluding carboxylic acids is 2. The zero-order chi connectivity index (χ0) is 15.0. The lowest BCUT2D eigenvalue weighted by atomic mass is 9.95. The minimum Gasteiger partial charge on any atom is -0.466 e. The SMILES string of the molecule is CCOC(=O)CCC(C)c1ccc(C(=O)OCC)cc1. The van der Waals surface area contributed by atoms with Gasteiger partial charge in [-0.05, 0) is 43.9 Å². The van der Waals surface area contributed by atoms with Gasteiger partial charge in [0, 0.05) is 6.42 Å². The zero-order valence-electron chi connectivity index (χ0n) is 12.3. The first-order valence-corrected chi connectivity index (χ1v) is 7.01. The molecule has 0 bridgehead atoms. The Kier molecular flexibility index (Phi) is 6.77. The molecule has 1 unspecified atom stereocenters. The van der Waals surface area contributed by atoms with E-state index in [9.17, 15) is 9.59 Å². The van der Waals surface area contributed by atoms with E-state index in [0.29, 0.717) is 25.2 Å². The third-order valence-electron chi connectivity index (χ3n) is 3.08. The van der Waals surface area contributed by atoms with Crippen molar-refractivity contribution in [2.75, 3.05) is 13.2 Å². The van der Waals surface area contributed by atoms with Crippen LogP contribution >= 0.6 is 0 Å². The Morgan fingerprint density at radius 3 is 2.20 bits per heavy atom. The van der Waals surface area contributed by atoms with Crippen LogP contribution in [0.1, 0.15) is 55.5 Å². The molecule has 0 saturated carbocycles. The molecule has 1 aromatic rings. The molecule has 0 aliphatic carbocycles. The number of carbonyl (C=O) groups is 2. The highest BCUT2D eigenvalue weighted by molar-refractivity contribution is 5.89. The van der Waals surface area contributed by atoms with Crippen LogP contribution in [0.4, 0.5) is 0 Å². The quantitative estimate of drug-likeness (QED) is 0.718. The molecular weight excluding hydrogens is 256 g/mol. The third kappa shape index (κ3) is 5.03. The minimum atomic E-state index is -0.307. The van der Waals surface area contributed by atoms with Gasteiger partial charge in [0.1, 0.15) is 0 Å². The van der Waals surface area contributed by atoms with Gasteiger partial charge < -0.3 is 9.47 Å². The van der Waals surface area contributed by atoms with Gasteiger partial charge in [-0.25, -0.2) is 4.79 Å². The van der Waals surface area contributed by atoms with Crippen molar-refractivity contribution in [3.63, 3.8) is 0 Å². The third-order valence-corrected chi connectivity index (χ3v) is 3.08. The summed E-state index contributed by atoms with van der Waals surface area (Å²) in [5, 5.41) is 0. The molecule has 0 heterocycles. The van der Waals surface area contributed by atoms with Gasteiger partial charge in [-0.2, -0.15) is 0 Å². The molecule has 1 atom stereocenters. The molecule has 0 fully saturated rings. The fourth-order valence-corrected chi connectivity index (χ4v) is 1.90. The summed E-state index contributed by atoms with van der Waals surface area (Å²) in [5.41, 5.74) is 1.65. The standard InChI is InChI=1S/C16H22O4/c1-4-19-15(17)11-6-12(3)13-7-9-14(10-8-13)16(18)20-5-2/h7-10,12H,4-6,11H2,1-3H3. The van der Waals surface area contributed by atoms with Crippen molar-refractivity contribution in [1.82, 2.24) is 0 Å². The van der Waals surface area contributed by atoms with E-state index in [2.05, 4.69) is 6.92 Å². The molecule has 1 aromatic carbocycles. The maximum atomic E-state index is 11.5. The topological polar surface area (TPSA) is 52.6 Å². The smallest absolute Gasteiger partial charge is 0.338 e. The van der Waals surface area contributed by atoms with E-state index in [1.165, 1.54) is 0 Å². The Balaban J connectivity index is 2.55. The summed E-state index contributed by atoms with van der Waals surface area (Å²) in [6.07, 6.45) is 1.15. The monoisotopic (exact) mass is 278 g/mol. The predicted octanol–water partition coefficient (Wildman–Crippen LogP) is 3.31. The number of benzene rings is 1. The van der Waals surface area contributed by atoms with Crippen molar-refractivity contribution in [2.45, 2.75) is 39.5 Å². The molecule has 0 N–H and O–H groups in total. The second-order valence-electron chi connectivity index (χ2n) is 4.59. The lowest BCUT2D eigenvalue weighted by Gasteiger charge is -2.12. The van der Waals surface area contributed by atoms with Crippen LogP contribution in [-0.2, 0) is 14.3 Å². The number of rotatable bonds is 7. The van der Waals surface area contributed by atoms with E-state index in [1.54, 1.807) is 26.0 Å². The maximum Gasteiger partial charge on any atom is 0.338 e. The molecule has 4 nitrogen and oxygen atoms in total. The highest BCUT2D eigenvalue weighted by Crippen LogP contribution is 2.21. The van der Waals surface area contributed by atoms with Crippen LogP contribution in [0.25, 0.3) is 0 Å². The Bertz CT molecular complexity index is 436. The highest BCUT2D eigenvalue weighted by Gasteiger charge is 2.11. The summed E-state index contributed by atoms with van der Waals surface area (Å²) in [6, 6.07) is 7.33. The zero-order valence-corrected chi connectivity index (χ0v) is 12.3. The molecule has 0 radical (unpaired) electrons. The van der Waals surface area contributed by atoms with Crippen molar-refractivity contribution in [3.8, 4) is 0 Å². The van der Waals surface area contributed by atoms with E-state index in [-0.39, 0.29) is 17.9 Å². The van der Waals surface area contributed by atoms with Crippen LogP contribution in [0.5, 0.6) is 0 Å². The van der Waals surface area contributed by atoms with Crippen molar-refractivity contribution in [1.29, 1.82) is 0 Å². The van der Waals surface area contributed by atoms with Gasteiger partial charge in [0.25, 0.3) is 0 Å². The van der Waals surface area contributed by atoms with Crippen LogP contribution in [0, 0.1) is 0 Å². The molecule has 0 amide bonds. The molecule has 20 heavy (non-hydrogen) atoms. The molecule has 0 aromatic heterocycles. The van der Waals surface area contributed by atoms with Gasteiger partial charge in [-0.15, -0.1) is 0 Å². The second kappa shape index (κ2) is 8.35. The van der Waals surface area contributed by atoms with Gasteiger partial charge in [0.15, 0.2) is 0 Å². The predicted molar refractivity (Wildman–Crippen MR) is 76.7 cm³/mol. The largest absolute Gasteiger partial charge is 0.466 e. The van der Waals surface area contributed by atoms with Crippen LogP contribution in [0.2, 0.25) is 0 Å². The van der Waals surface area contributed by atoms with Gasteiger partial charge in [0.05, 0.1) is 18.8 Å². The maximum absolute atomic E-state index is 11.5. The molecular formula is C16H22O4. The van der Waals surface area contributed by atoms with Crippen molar-refractivity contribution < 1.29 is 19.1 Å². The second-order valence-corrected chi connectivity index (χ2v) is 4.59. The number of hydrogen-bond acceptors (Lipinski definition) is 4. The Morgan fingerprint density at radius 1 is 1.05 bits per heavy atom. The van der Waals surface area contributed by atoms with Crippen LogP contribution in [-0.4, -0.2) is 25.2 Å². The van der Waals surface area contributed by atoms with E-state index >= 15 is 0 Å². The Morgan fingerprint density at radius 2 is 1.65 bits per heavy atom. The van der Waals surface area contributed by atoms with E-state index in [4.69, 9.17) is 9.47 Å². The van der Waals surface area contributed by atoms with Crippen LogP contribution in [0.15, 0.2) is 24.3 Å². The van der Waals surface area contributed by atoms with Crippen molar-refractivity contribution >= 4 is 11.9 Å². The molecule has 0 spiro atoms. The molecule has 0 saturated heterocycles. The molecule has 0 aliphatic rings. The summed E-state index contributed by atoms with van der Waals surface area (Å²) in [7, 11) is 0. The summed E-state index contributed by atoms with van der Waals surface area (Å²) in [6.45, 7) is 6.43. The summed E-state index contributed by atoms with van der Waals surface area (Å²) in [5.74, 6) is -0.226. The van der Waals surface area contributed by atoms with E-state index < -0.39 is 0 Å². The van der Waals surface area contributed by atoms with Gasteiger partial charge in [-0.1, -0.05) is 19.1 Å². The lowest BCUT2D eigenvalue weighted by Crippen LogP contribution is -2.07. The number of esters is 2. The Hall–Kier alpha value is -1.84. The molecule has 110 valence electrons. The first kappa shape index (κ1) is 16.2. The van der Waals surface area contributed by atoms with Crippen LogP contribution in [0.3, 0.4) is 0 Å². The van der Waals surface area contributed by atoms with Crippen molar-refractivity contribution in [2.24, 2.45) is 0 Å². The minimum absolute atomic E-state index is 0.164. The van der Waals surface area contributed by atoms with Gasteiger partial charge >= 0.3 is 11.9 Å². The first-order chi connectivity index (χ1) is 9.58. The summed E-state index contributed by atoms with van der Waals surface area (Å²) in [4.78, 5) is 22.8. The lowest BCUT2D eigenvalue weighted by molar-refractivity contribution is -0.143.